The molecule has 35 heavy (non-hydrogen) atoms. The predicted molar refractivity (Wildman–Crippen MR) is 124 cm³/mol. The molecule has 4 aliphatic carbocycles. The summed E-state index contributed by atoms with van der Waals surface area (Å²) < 4.78 is 12.0. The van der Waals surface area contributed by atoms with E-state index in [1.807, 2.05) is 0 Å². The van der Waals surface area contributed by atoms with Gasteiger partial charge in [0.25, 0.3) is 0 Å². The van der Waals surface area contributed by atoms with Gasteiger partial charge in [0.05, 0.1) is 6.61 Å². The summed E-state index contributed by atoms with van der Waals surface area (Å²) in [5.41, 5.74) is -1.63. The maximum absolute atomic E-state index is 14.0. The Labute approximate surface area is 203 Å². The molecular weight excluding hydrogens is 448 g/mol. The molecule has 0 unspecified atom stereocenters. The van der Waals surface area contributed by atoms with Gasteiger partial charge >= 0.3 is 5.97 Å². The van der Waals surface area contributed by atoms with E-state index in [-0.39, 0.29) is 29.6 Å². The summed E-state index contributed by atoms with van der Waals surface area (Å²) in [6, 6.07) is 0. The lowest BCUT2D eigenvalue weighted by Crippen LogP contribution is -2.83. The summed E-state index contributed by atoms with van der Waals surface area (Å²) in [7, 11) is 0. The third kappa shape index (κ3) is 2.62. The molecule has 2 saturated heterocycles. The van der Waals surface area contributed by atoms with Crippen molar-refractivity contribution in [3.8, 4) is 0 Å². The molecule has 7 rings (SSSR count). The molecule has 5 fully saturated rings. The van der Waals surface area contributed by atoms with Crippen molar-refractivity contribution in [2.45, 2.75) is 51.1 Å². The Morgan fingerprint density at radius 2 is 2.03 bits per heavy atom. The topological polar surface area (TPSA) is 119 Å². The molecule has 1 aromatic heterocycles. The number of ketones is 1. The van der Waals surface area contributed by atoms with Crippen LogP contribution in [0.4, 0.5) is 0 Å². The molecule has 3 heterocycles. The van der Waals surface area contributed by atoms with Crippen LogP contribution in [0.25, 0.3) is 6.08 Å². The first-order valence-electron chi connectivity index (χ1n) is 12.2. The van der Waals surface area contributed by atoms with Gasteiger partial charge in [-0.15, -0.1) is 0 Å². The van der Waals surface area contributed by atoms with E-state index in [1.54, 1.807) is 12.4 Å². The SMILES string of the molecule is C=C1C(=O)[C@]23[C@H](OC(=O)/C=C/c4cncnc4)[C@H]1CC[C@H]2[C@]12C=CCC(C)(C)[C@H]1[C@H](O)[C@@]3(O)OC2. The van der Waals surface area contributed by atoms with Crippen LogP contribution in [0.15, 0.2) is 49.1 Å². The van der Waals surface area contributed by atoms with Crippen LogP contribution in [0.2, 0.25) is 0 Å². The number of carbonyl (C=O) groups is 2. The van der Waals surface area contributed by atoms with E-state index in [0.717, 1.165) is 6.42 Å². The van der Waals surface area contributed by atoms with E-state index in [0.29, 0.717) is 24.0 Å². The zero-order valence-electron chi connectivity index (χ0n) is 19.9. The molecule has 8 atom stereocenters. The summed E-state index contributed by atoms with van der Waals surface area (Å²) in [5.74, 6) is -4.29. The van der Waals surface area contributed by atoms with E-state index in [1.165, 1.54) is 18.5 Å². The van der Waals surface area contributed by atoms with Gasteiger partial charge in [-0.2, -0.15) is 0 Å². The number of carbonyl (C=O) groups excluding carboxylic acids is 2. The minimum atomic E-state index is -2.18. The molecule has 2 N–H and O–H groups in total. The minimum Gasteiger partial charge on any atom is -0.457 e. The summed E-state index contributed by atoms with van der Waals surface area (Å²) in [4.78, 5) is 34.8. The van der Waals surface area contributed by atoms with E-state index < -0.39 is 40.7 Å². The highest BCUT2D eigenvalue weighted by atomic mass is 16.6. The number of aliphatic hydroxyl groups excluding tert-OH is 1. The van der Waals surface area contributed by atoms with Crippen molar-refractivity contribution < 1.29 is 29.3 Å². The van der Waals surface area contributed by atoms with Crippen molar-refractivity contribution in [3.63, 3.8) is 0 Å². The molecule has 0 aromatic carbocycles. The highest BCUT2D eigenvalue weighted by molar-refractivity contribution is 6.05. The fourth-order valence-electron chi connectivity index (χ4n) is 8.27. The van der Waals surface area contributed by atoms with Crippen molar-refractivity contribution in [3.05, 3.63) is 54.7 Å². The summed E-state index contributed by atoms with van der Waals surface area (Å²) in [6.07, 6.45) is 11.2. The van der Waals surface area contributed by atoms with Gasteiger partial charge in [0.15, 0.2) is 5.78 Å². The van der Waals surface area contributed by atoms with Crippen LogP contribution >= 0.6 is 0 Å². The minimum absolute atomic E-state index is 0.205. The van der Waals surface area contributed by atoms with E-state index in [4.69, 9.17) is 9.47 Å². The smallest absolute Gasteiger partial charge is 0.331 e. The van der Waals surface area contributed by atoms with Crippen molar-refractivity contribution in [2.24, 2.45) is 34.0 Å². The second-order valence-electron chi connectivity index (χ2n) is 11.4. The third-order valence-corrected chi connectivity index (χ3v) is 9.47. The molecule has 4 bridgehead atoms. The Balaban J connectivity index is 1.45. The van der Waals surface area contributed by atoms with Gasteiger partial charge in [0.2, 0.25) is 5.79 Å². The van der Waals surface area contributed by atoms with Gasteiger partial charge in [0, 0.05) is 41.3 Å². The fourth-order valence-corrected chi connectivity index (χ4v) is 8.27. The Morgan fingerprint density at radius 3 is 2.77 bits per heavy atom. The second kappa shape index (κ2) is 7.18. The number of allylic oxidation sites excluding steroid dienone is 1. The molecule has 3 saturated carbocycles. The molecule has 8 nitrogen and oxygen atoms in total. The normalized spacial score (nSPS) is 44.9. The number of ether oxygens (including phenoxy) is 2. The highest BCUT2D eigenvalue weighted by Gasteiger charge is 2.86. The molecule has 0 amide bonds. The monoisotopic (exact) mass is 478 g/mol. The van der Waals surface area contributed by atoms with Crippen LogP contribution in [-0.2, 0) is 19.1 Å². The number of aromatic nitrogens is 2. The summed E-state index contributed by atoms with van der Waals surface area (Å²) in [6.45, 7) is 8.41. The van der Waals surface area contributed by atoms with Crippen molar-refractivity contribution >= 4 is 17.8 Å². The van der Waals surface area contributed by atoms with E-state index >= 15 is 0 Å². The standard InChI is InChI=1S/C27H30N2O6/c1-15-17-6-7-18-25-10-4-9-24(2,3)20(25)22(32)27(33,34-13-25)26(18,21(15)31)23(17)35-19(30)8-5-16-11-28-14-29-12-16/h4-5,8,10-12,14,17-18,20,22-23,32-33H,1,6-7,9,13H2,2-3H3/b8-5+/t17-,18-,20+,22-,23+,25+,26-,27+/m0/s1. The van der Waals surface area contributed by atoms with Crippen molar-refractivity contribution in [1.82, 2.24) is 9.97 Å². The van der Waals surface area contributed by atoms with Crippen LogP contribution < -0.4 is 0 Å². The molecular formula is C27H30N2O6. The maximum Gasteiger partial charge on any atom is 0.331 e. The van der Waals surface area contributed by atoms with Gasteiger partial charge in [-0.3, -0.25) is 4.79 Å². The first-order chi connectivity index (χ1) is 16.6. The largest absolute Gasteiger partial charge is 0.457 e. The van der Waals surface area contributed by atoms with Gasteiger partial charge in [0.1, 0.15) is 24.0 Å². The zero-order valence-corrected chi connectivity index (χ0v) is 19.9. The Hall–Kier alpha value is -2.68. The highest BCUT2D eigenvalue weighted by Crippen LogP contribution is 2.75. The maximum atomic E-state index is 14.0. The Morgan fingerprint density at radius 1 is 1.29 bits per heavy atom. The lowest BCUT2D eigenvalue weighted by Gasteiger charge is -2.72. The molecule has 2 aliphatic heterocycles. The van der Waals surface area contributed by atoms with Crippen molar-refractivity contribution in [1.29, 1.82) is 0 Å². The van der Waals surface area contributed by atoms with E-state index in [9.17, 15) is 19.8 Å². The number of hydrogen-bond acceptors (Lipinski definition) is 8. The van der Waals surface area contributed by atoms with Gasteiger partial charge < -0.3 is 19.7 Å². The quantitative estimate of drug-likeness (QED) is 0.386. The van der Waals surface area contributed by atoms with Crippen LogP contribution in [0.3, 0.4) is 0 Å². The van der Waals surface area contributed by atoms with Gasteiger partial charge in [-0.25, -0.2) is 14.8 Å². The predicted octanol–water partition coefficient (Wildman–Crippen LogP) is 2.24. The number of esters is 1. The molecule has 1 aromatic rings. The van der Waals surface area contributed by atoms with Crippen LogP contribution in [0, 0.1) is 34.0 Å². The Bertz CT molecular complexity index is 1180. The van der Waals surface area contributed by atoms with Crippen LogP contribution in [-0.4, -0.2) is 56.5 Å². The fraction of sp³-hybridized carbons (Fsp3) is 0.556. The molecule has 6 aliphatic rings. The average molecular weight is 479 g/mol. The summed E-state index contributed by atoms with van der Waals surface area (Å²) >= 11 is 0. The number of Topliss-reactive ketones (excluding diaryl/α,β-unsaturated/α-hetero) is 1. The first kappa shape index (κ1) is 22.8. The van der Waals surface area contributed by atoms with E-state index in [2.05, 4.69) is 42.5 Å². The number of hydrogen-bond donors (Lipinski definition) is 2. The lowest BCUT2D eigenvalue weighted by atomic mass is 9.37. The average Bonchev–Trinajstić information content (AvgIpc) is 2.94. The third-order valence-electron chi connectivity index (χ3n) is 9.47. The number of rotatable bonds is 3. The van der Waals surface area contributed by atoms with Gasteiger partial charge in [-0.1, -0.05) is 32.6 Å². The lowest BCUT2D eigenvalue weighted by molar-refractivity contribution is -0.436. The van der Waals surface area contributed by atoms with Gasteiger partial charge in [-0.05, 0) is 42.2 Å². The zero-order chi connectivity index (χ0) is 24.8. The van der Waals surface area contributed by atoms with Crippen LogP contribution in [0.5, 0.6) is 0 Å². The second-order valence-corrected chi connectivity index (χ2v) is 11.4. The number of fused-ring (bicyclic) bond motifs is 2. The first-order valence-corrected chi connectivity index (χ1v) is 12.2. The molecule has 184 valence electrons. The summed E-state index contributed by atoms with van der Waals surface area (Å²) in [5, 5.41) is 23.8. The molecule has 0 radical (unpaired) electrons. The number of aliphatic hydroxyl groups is 2. The molecule has 8 heteroatoms. The Kier molecular flexibility index (Phi) is 4.67. The number of nitrogens with zero attached hydrogens (tertiary/aromatic N) is 2. The molecule has 2 spiro atoms. The van der Waals surface area contributed by atoms with Crippen LogP contribution in [0.1, 0.15) is 38.7 Å². The van der Waals surface area contributed by atoms with Crippen molar-refractivity contribution in [2.75, 3.05) is 6.61 Å².